The lowest BCUT2D eigenvalue weighted by atomic mass is 9.86. The predicted molar refractivity (Wildman–Crippen MR) is 75.0 cm³/mol. The molecule has 18 heavy (non-hydrogen) atoms. The van der Waals surface area contributed by atoms with Crippen LogP contribution in [-0.4, -0.2) is 39.2 Å². The smallest absolute Gasteiger partial charge is 0.119 e. The first-order valence-corrected chi connectivity index (χ1v) is 6.73. The number of nitrogens with zero attached hydrogens (tertiary/aromatic N) is 1. The van der Waals surface area contributed by atoms with Crippen molar-refractivity contribution in [3.63, 3.8) is 0 Å². The molecule has 0 saturated carbocycles. The van der Waals surface area contributed by atoms with Gasteiger partial charge in [0.05, 0.1) is 7.11 Å². The van der Waals surface area contributed by atoms with Crippen LogP contribution in [0.4, 0.5) is 0 Å². The van der Waals surface area contributed by atoms with Gasteiger partial charge in [-0.2, -0.15) is 0 Å². The first-order chi connectivity index (χ1) is 8.72. The van der Waals surface area contributed by atoms with Gasteiger partial charge in [-0.05, 0) is 63.6 Å². The third-order valence-electron chi connectivity index (χ3n) is 3.77. The molecular formula is C15H24N2O. The summed E-state index contributed by atoms with van der Waals surface area (Å²) in [6, 6.07) is 8.94. The van der Waals surface area contributed by atoms with Gasteiger partial charge in [-0.15, -0.1) is 0 Å². The zero-order valence-electron chi connectivity index (χ0n) is 11.6. The minimum Gasteiger partial charge on any atom is -0.497 e. The Bertz CT molecular complexity index is 373. The molecule has 0 aromatic heterocycles. The maximum atomic E-state index is 5.34. The van der Waals surface area contributed by atoms with E-state index in [2.05, 4.69) is 42.5 Å². The van der Waals surface area contributed by atoms with Crippen molar-refractivity contribution in [3.05, 3.63) is 29.8 Å². The molecular weight excluding hydrogens is 224 g/mol. The summed E-state index contributed by atoms with van der Waals surface area (Å²) in [5.41, 5.74) is 1.35. The van der Waals surface area contributed by atoms with Crippen LogP contribution in [-0.2, 0) is 0 Å². The van der Waals surface area contributed by atoms with Gasteiger partial charge in [0.25, 0.3) is 0 Å². The summed E-state index contributed by atoms with van der Waals surface area (Å²) in [4.78, 5) is 2.33. The molecule has 1 heterocycles. The third kappa shape index (κ3) is 3.03. The molecule has 0 spiro atoms. The highest BCUT2D eigenvalue weighted by Gasteiger charge is 2.26. The highest BCUT2D eigenvalue weighted by atomic mass is 16.5. The zero-order valence-corrected chi connectivity index (χ0v) is 11.6. The van der Waals surface area contributed by atoms with Crippen LogP contribution >= 0.6 is 0 Å². The number of rotatable bonds is 4. The Labute approximate surface area is 110 Å². The Morgan fingerprint density at radius 1 is 1.39 bits per heavy atom. The average Bonchev–Trinajstić information content (AvgIpc) is 2.40. The van der Waals surface area contributed by atoms with Crippen LogP contribution in [0.25, 0.3) is 0 Å². The minimum atomic E-state index is 0.466. The van der Waals surface area contributed by atoms with Crippen LogP contribution in [0.15, 0.2) is 24.3 Å². The van der Waals surface area contributed by atoms with Crippen LogP contribution < -0.4 is 10.1 Å². The summed E-state index contributed by atoms with van der Waals surface area (Å²) in [6.07, 6.45) is 2.58. The lowest BCUT2D eigenvalue weighted by molar-refractivity contribution is 0.181. The maximum Gasteiger partial charge on any atom is 0.119 e. The molecule has 1 aliphatic rings. The Hall–Kier alpha value is -1.06. The summed E-state index contributed by atoms with van der Waals surface area (Å²) >= 11 is 0. The van der Waals surface area contributed by atoms with E-state index in [0.29, 0.717) is 12.0 Å². The number of hydrogen-bond donors (Lipinski definition) is 1. The van der Waals surface area contributed by atoms with Gasteiger partial charge in [0.2, 0.25) is 0 Å². The molecule has 0 amide bonds. The molecule has 3 nitrogen and oxygen atoms in total. The van der Waals surface area contributed by atoms with Gasteiger partial charge in [-0.1, -0.05) is 12.1 Å². The summed E-state index contributed by atoms with van der Waals surface area (Å²) in [5.74, 6) is 1.63. The summed E-state index contributed by atoms with van der Waals surface area (Å²) < 4.78 is 5.34. The number of nitrogens with one attached hydrogen (secondary N) is 1. The molecule has 1 N–H and O–H groups in total. The highest BCUT2D eigenvalue weighted by molar-refractivity contribution is 5.31. The van der Waals surface area contributed by atoms with Crippen LogP contribution in [0.2, 0.25) is 0 Å². The monoisotopic (exact) mass is 248 g/mol. The van der Waals surface area contributed by atoms with Gasteiger partial charge in [0, 0.05) is 6.04 Å². The van der Waals surface area contributed by atoms with Crippen molar-refractivity contribution in [1.29, 1.82) is 0 Å². The fourth-order valence-electron chi connectivity index (χ4n) is 2.97. The lowest BCUT2D eigenvalue weighted by Crippen LogP contribution is -2.38. The van der Waals surface area contributed by atoms with Crippen molar-refractivity contribution in [3.8, 4) is 5.75 Å². The normalized spacial score (nSPS) is 21.9. The van der Waals surface area contributed by atoms with Gasteiger partial charge in [-0.3, -0.25) is 0 Å². The SMILES string of the molecule is COc1cccc(C(C2CCCNC2)N(C)C)c1. The Morgan fingerprint density at radius 3 is 2.83 bits per heavy atom. The molecule has 1 aromatic carbocycles. The second-order valence-electron chi connectivity index (χ2n) is 5.29. The van der Waals surface area contributed by atoms with Crippen molar-refractivity contribution >= 4 is 0 Å². The van der Waals surface area contributed by atoms with Gasteiger partial charge in [0.1, 0.15) is 5.75 Å². The van der Waals surface area contributed by atoms with E-state index in [1.54, 1.807) is 7.11 Å². The van der Waals surface area contributed by atoms with Gasteiger partial charge < -0.3 is 15.0 Å². The number of benzene rings is 1. The van der Waals surface area contributed by atoms with E-state index in [4.69, 9.17) is 4.74 Å². The van der Waals surface area contributed by atoms with Crippen molar-refractivity contribution in [2.75, 3.05) is 34.3 Å². The molecule has 0 aliphatic carbocycles. The summed E-state index contributed by atoms with van der Waals surface area (Å²) in [6.45, 7) is 2.27. The van der Waals surface area contributed by atoms with Crippen molar-refractivity contribution < 1.29 is 4.74 Å². The number of piperidine rings is 1. The van der Waals surface area contributed by atoms with Crippen molar-refractivity contribution in [2.24, 2.45) is 5.92 Å². The standard InChI is InChI=1S/C15H24N2O/c1-17(2)15(13-7-5-9-16-11-13)12-6-4-8-14(10-12)18-3/h4,6,8,10,13,15-16H,5,7,9,11H2,1-3H3. The molecule has 1 saturated heterocycles. The minimum absolute atomic E-state index is 0.466. The quantitative estimate of drug-likeness (QED) is 0.885. The van der Waals surface area contributed by atoms with Crippen LogP contribution in [0.1, 0.15) is 24.4 Å². The molecule has 1 fully saturated rings. The summed E-state index contributed by atoms with van der Waals surface area (Å²) in [7, 11) is 6.06. The first-order valence-electron chi connectivity index (χ1n) is 6.73. The largest absolute Gasteiger partial charge is 0.497 e. The first kappa shape index (κ1) is 13.4. The Morgan fingerprint density at radius 2 is 2.22 bits per heavy atom. The zero-order chi connectivity index (χ0) is 13.0. The van der Waals surface area contributed by atoms with E-state index in [1.807, 2.05) is 6.07 Å². The average molecular weight is 248 g/mol. The third-order valence-corrected chi connectivity index (χ3v) is 3.77. The fourth-order valence-corrected chi connectivity index (χ4v) is 2.97. The number of methoxy groups -OCH3 is 1. The van der Waals surface area contributed by atoms with Crippen LogP contribution in [0.3, 0.4) is 0 Å². The van der Waals surface area contributed by atoms with Gasteiger partial charge >= 0.3 is 0 Å². The van der Waals surface area contributed by atoms with E-state index in [9.17, 15) is 0 Å². The van der Waals surface area contributed by atoms with Crippen molar-refractivity contribution in [1.82, 2.24) is 10.2 Å². The molecule has 0 radical (unpaired) electrons. The molecule has 3 heteroatoms. The van der Waals surface area contributed by atoms with E-state index >= 15 is 0 Å². The van der Waals surface area contributed by atoms with Crippen LogP contribution in [0.5, 0.6) is 5.75 Å². The molecule has 0 bridgehead atoms. The second-order valence-corrected chi connectivity index (χ2v) is 5.29. The molecule has 2 unspecified atom stereocenters. The molecule has 100 valence electrons. The summed E-state index contributed by atoms with van der Waals surface area (Å²) in [5, 5.41) is 3.51. The lowest BCUT2D eigenvalue weighted by Gasteiger charge is -2.35. The second kappa shape index (κ2) is 6.21. The topological polar surface area (TPSA) is 24.5 Å². The maximum absolute atomic E-state index is 5.34. The molecule has 1 aliphatic heterocycles. The van der Waals surface area contributed by atoms with Crippen molar-refractivity contribution in [2.45, 2.75) is 18.9 Å². The van der Waals surface area contributed by atoms with E-state index in [-0.39, 0.29) is 0 Å². The Balaban J connectivity index is 2.22. The van der Waals surface area contributed by atoms with E-state index in [0.717, 1.165) is 18.8 Å². The van der Waals surface area contributed by atoms with Gasteiger partial charge in [0.15, 0.2) is 0 Å². The highest BCUT2D eigenvalue weighted by Crippen LogP contribution is 2.32. The van der Waals surface area contributed by atoms with Gasteiger partial charge in [-0.25, -0.2) is 0 Å². The Kier molecular flexibility index (Phi) is 4.61. The predicted octanol–water partition coefficient (Wildman–Crippen LogP) is 2.30. The van der Waals surface area contributed by atoms with Crippen LogP contribution in [0, 0.1) is 5.92 Å². The number of hydrogen-bond acceptors (Lipinski definition) is 3. The molecule has 1 aromatic rings. The number of ether oxygens (including phenoxy) is 1. The van der Waals surface area contributed by atoms with E-state index < -0.39 is 0 Å². The fraction of sp³-hybridized carbons (Fsp3) is 0.600. The molecule has 2 rings (SSSR count). The van der Waals surface area contributed by atoms with E-state index in [1.165, 1.54) is 18.4 Å². The molecule has 2 atom stereocenters.